The molecule has 0 aromatic carbocycles. The third kappa shape index (κ3) is 6.21. The number of amides is 1. The van der Waals surface area contributed by atoms with E-state index in [0.717, 1.165) is 44.8 Å². The maximum absolute atomic E-state index is 12.9. The van der Waals surface area contributed by atoms with Crippen molar-refractivity contribution in [1.29, 1.82) is 0 Å². The quantitative estimate of drug-likeness (QED) is 0.742. The van der Waals surface area contributed by atoms with Gasteiger partial charge in [0.15, 0.2) is 0 Å². The average Bonchev–Trinajstić information content (AvgIpc) is 2.68. The Hall–Kier alpha value is -1.08. The second-order valence-electron chi connectivity index (χ2n) is 7.29. The van der Waals surface area contributed by atoms with Gasteiger partial charge in [0.05, 0.1) is 12.2 Å². The highest BCUT2D eigenvalue weighted by molar-refractivity contribution is 5.98. The van der Waals surface area contributed by atoms with Crippen molar-refractivity contribution < 1.29 is 9.53 Å². The lowest BCUT2D eigenvalue weighted by Gasteiger charge is -2.37. The van der Waals surface area contributed by atoms with Gasteiger partial charge >= 0.3 is 0 Å². The predicted molar refractivity (Wildman–Crippen MR) is 114 cm³/mol. The summed E-state index contributed by atoms with van der Waals surface area (Å²) >= 11 is 0. The smallest absolute Gasteiger partial charge is 0.255 e. The first kappa shape index (κ1) is 24.0. The molecule has 2 aliphatic rings. The molecule has 2 saturated heterocycles. The maximum atomic E-state index is 12.9. The Labute approximate surface area is 174 Å². The number of ether oxygens (including phenoxy) is 1. The van der Waals surface area contributed by atoms with Gasteiger partial charge in [0, 0.05) is 38.4 Å². The molecule has 0 bridgehead atoms. The largest absolute Gasteiger partial charge is 0.384 e. The van der Waals surface area contributed by atoms with E-state index in [2.05, 4.69) is 20.5 Å². The van der Waals surface area contributed by atoms with Crippen LogP contribution in [0.2, 0.25) is 0 Å². The minimum absolute atomic E-state index is 0. The van der Waals surface area contributed by atoms with Crippen LogP contribution < -0.4 is 15.5 Å². The van der Waals surface area contributed by atoms with Gasteiger partial charge in [0.25, 0.3) is 5.91 Å². The highest BCUT2D eigenvalue weighted by atomic mass is 35.5. The normalized spacial score (nSPS) is 18.8. The van der Waals surface area contributed by atoms with Crippen molar-refractivity contribution >= 4 is 36.5 Å². The third-order valence-electron chi connectivity index (χ3n) is 5.43. The molecule has 0 radical (unpaired) electrons. The Morgan fingerprint density at radius 3 is 2.63 bits per heavy atom. The number of piperidine rings is 2. The Morgan fingerprint density at radius 1 is 1.26 bits per heavy atom. The molecule has 2 N–H and O–H groups in total. The zero-order chi connectivity index (χ0) is 17.5. The fourth-order valence-corrected chi connectivity index (χ4v) is 3.93. The Bertz CT molecular complexity index is 571. The van der Waals surface area contributed by atoms with Crippen molar-refractivity contribution in [3.05, 3.63) is 23.9 Å². The fraction of sp³-hybridized carbons (Fsp3) is 0.684. The molecule has 3 rings (SSSR count). The molecule has 154 valence electrons. The highest BCUT2D eigenvalue weighted by Crippen LogP contribution is 2.29. The summed E-state index contributed by atoms with van der Waals surface area (Å²) in [5.74, 6) is 0.800. The van der Waals surface area contributed by atoms with Crippen LogP contribution in [0.3, 0.4) is 0 Å². The Balaban J connectivity index is 0.00000182. The number of pyridine rings is 1. The number of nitrogens with one attached hydrogen (secondary N) is 2. The lowest BCUT2D eigenvalue weighted by atomic mass is 9.79. The Morgan fingerprint density at radius 2 is 1.96 bits per heavy atom. The molecule has 2 fully saturated rings. The summed E-state index contributed by atoms with van der Waals surface area (Å²) in [5, 5.41) is 6.54. The SMILES string of the molecule is COCC1(CNC(=O)c2cccnc2N2CCCCC2)CCNCC1.Cl.Cl. The molecule has 0 unspecified atom stereocenters. The second-order valence-corrected chi connectivity index (χ2v) is 7.29. The average molecular weight is 419 g/mol. The topological polar surface area (TPSA) is 66.5 Å². The number of hydrogen-bond acceptors (Lipinski definition) is 5. The number of anilines is 1. The van der Waals surface area contributed by atoms with Crippen LogP contribution in [-0.4, -0.2) is 57.3 Å². The van der Waals surface area contributed by atoms with Crippen molar-refractivity contribution in [3.8, 4) is 0 Å². The molecule has 0 saturated carbocycles. The number of aromatic nitrogens is 1. The Kier molecular flexibility index (Phi) is 10.4. The van der Waals surface area contributed by atoms with Gasteiger partial charge in [-0.05, 0) is 57.3 Å². The summed E-state index contributed by atoms with van der Waals surface area (Å²) in [4.78, 5) is 19.6. The fourth-order valence-electron chi connectivity index (χ4n) is 3.93. The number of carbonyl (C=O) groups excluding carboxylic acids is 1. The summed E-state index contributed by atoms with van der Waals surface area (Å²) in [7, 11) is 1.74. The first-order valence-corrected chi connectivity index (χ1v) is 9.42. The third-order valence-corrected chi connectivity index (χ3v) is 5.43. The van der Waals surface area contributed by atoms with Crippen LogP contribution in [0.4, 0.5) is 5.82 Å². The van der Waals surface area contributed by atoms with Gasteiger partial charge in [0.2, 0.25) is 0 Å². The monoisotopic (exact) mass is 418 g/mol. The van der Waals surface area contributed by atoms with Gasteiger partial charge in [-0.3, -0.25) is 4.79 Å². The number of hydrogen-bond donors (Lipinski definition) is 2. The van der Waals surface area contributed by atoms with Crippen molar-refractivity contribution in [2.75, 3.05) is 51.3 Å². The zero-order valence-corrected chi connectivity index (χ0v) is 17.7. The molecule has 0 aliphatic carbocycles. The van der Waals surface area contributed by atoms with Gasteiger partial charge < -0.3 is 20.3 Å². The van der Waals surface area contributed by atoms with E-state index in [9.17, 15) is 4.79 Å². The lowest BCUT2D eigenvalue weighted by Crippen LogP contribution is -2.47. The second kappa shape index (κ2) is 11.7. The summed E-state index contributed by atoms with van der Waals surface area (Å²) in [6, 6.07) is 3.73. The predicted octanol–water partition coefficient (Wildman–Crippen LogP) is 2.66. The van der Waals surface area contributed by atoms with E-state index in [1.54, 1.807) is 13.3 Å². The van der Waals surface area contributed by atoms with Crippen molar-refractivity contribution in [3.63, 3.8) is 0 Å². The van der Waals surface area contributed by atoms with Crippen LogP contribution in [-0.2, 0) is 4.74 Å². The van der Waals surface area contributed by atoms with E-state index >= 15 is 0 Å². The summed E-state index contributed by atoms with van der Waals surface area (Å²) in [6.07, 6.45) is 7.42. The first-order chi connectivity index (χ1) is 12.2. The van der Waals surface area contributed by atoms with E-state index in [0.29, 0.717) is 18.7 Å². The van der Waals surface area contributed by atoms with Crippen molar-refractivity contribution in [2.24, 2.45) is 5.41 Å². The number of carbonyl (C=O) groups is 1. The van der Waals surface area contributed by atoms with Crippen LogP contribution in [0, 0.1) is 5.41 Å². The molecular formula is C19H32Cl2N4O2. The molecule has 1 aromatic rings. The molecule has 6 nitrogen and oxygen atoms in total. The highest BCUT2D eigenvalue weighted by Gasteiger charge is 2.33. The molecule has 1 amide bonds. The van der Waals surface area contributed by atoms with Gasteiger partial charge in [-0.1, -0.05) is 0 Å². The zero-order valence-electron chi connectivity index (χ0n) is 16.0. The van der Waals surface area contributed by atoms with E-state index < -0.39 is 0 Å². The van der Waals surface area contributed by atoms with E-state index in [4.69, 9.17) is 4.74 Å². The van der Waals surface area contributed by atoms with E-state index in [1.807, 2.05) is 12.1 Å². The minimum atomic E-state index is -0.0253. The molecule has 1 aromatic heterocycles. The van der Waals surface area contributed by atoms with Crippen molar-refractivity contribution in [1.82, 2.24) is 15.6 Å². The van der Waals surface area contributed by atoms with Crippen LogP contribution in [0.15, 0.2) is 18.3 Å². The van der Waals surface area contributed by atoms with Crippen LogP contribution in [0.25, 0.3) is 0 Å². The van der Waals surface area contributed by atoms with Gasteiger partial charge in [-0.15, -0.1) is 24.8 Å². The number of methoxy groups -OCH3 is 1. The van der Waals surface area contributed by atoms with Gasteiger partial charge in [-0.25, -0.2) is 4.98 Å². The maximum Gasteiger partial charge on any atom is 0.255 e. The molecule has 8 heteroatoms. The number of rotatable bonds is 6. The van der Waals surface area contributed by atoms with Gasteiger partial charge in [-0.2, -0.15) is 0 Å². The molecule has 27 heavy (non-hydrogen) atoms. The van der Waals surface area contributed by atoms with E-state index in [-0.39, 0.29) is 36.1 Å². The van der Waals surface area contributed by atoms with E-state index in [1.165, 1.54) is 19.3 Å². The molecule has 3 heterocycles. The minimum Gasteiger partial charge on any atom is -0.384 e. The summed E-state index contributed by atoms with van der Waals surface area (Å²) < 4.78 is 5.44. The van der Waals surface area contributed by atoms with Gasteiger partial charge in [0.1, 0.15) is 5.82 Å². The summed E-state index contributed by atoms with van der Waals surface area (Å²) in [6.45, 7) is 5.25. The standard InChI is InChI=1S/C19H30N4O2.2ClH/c1-25-15-19(7-10-20-11-8-19)14-22-18(24)16-6-5-9-21-17(16)23-12-3-2-4-13-23;;/h5-6,9,20H,2-4,7-8,10-15H2,1H3,(H,22,24);2*1H. The summed E-state index contributed by atoms with van der Waals surface area (Å²) in [5.41, 5.74) is 0.717. The molecule has 2 aliphatic heterocycles. The number of halogens is 2. The molecular weight excluding hydrogens is 387 g/mol. The number of nitrogens with zero attached hydrogens (tertiary/aromatic N) is 2. The molecule has 0 spiro atoms. The van der Waals surface area contributed by atoms with Crippen LogP contribution in [0.5, 0.6) is 0 Å². The first-order valence-electron chi connectivity index (χ1n) is 9.42. The van der Waals surface area contributed by atoms with Crippen LogP contribution in [0.1, 0.15) is 42.5 Å². The molecule has 0 atom stereocenters. The van der Waals surface area contributed by atoms with Crippen LogP contribution >= 0.6 is 24.8 Å². The lowest BCUT2D eigenvalue weighted by molar-refractivity contribution is 0.0512. The van der Waals surface area contributed by atoms with Crippen molar-refractivity contribution in [2.45, 2.75) is 32.1 Å².